The fourth-order valence-corrected chi connectivity index (χ4v) is 8.51. The number of alkyl halides is 3. The van der Waals surface area contributed by atoms with E-state index in [2.05, 4.69) is 0 Å². The van der Waals surface area contributed by atoms with Crippen LogP contribution in [0.1, 0.15) is 105 Å². The highest BCUT2D eigenvalue weighted by Crippen LogP contribution is 2.52. The average molecular weight is 815 g/mol. The molecule has 2 saturated heterocycles. The lowest BCUT2D eigenvalue weighted by atomic mass is 9.80. The highest BCUT2D eigenvalue weighted by Gasteiger charge is 2.63. The number of fused-ring (bicyclic) bond motifs is 3. The van der Waals surface area contributed by atoms with Gasteiger partial charge in [-0.1, -0.05) is 44.2 Å². The number of aryl methyl sites for hydroxylation is 1. The van der Waals surface area contributed by atoms with Crippen LogP contribution in [0.2, 0.25) is 0 Å². The van der Waals surface area contributed by atoms with E-state index in [1.807, 2.05) is 26.0 Å². The highest BCUT2D eigenvalue weighted by molar-refractivity contribution is 6.23. The van der Waals surface area contributed by atoms with Crippen LogP contribution in [-0.4, -0.2) is 58.8 Å². The number of hydrogen-bond acceptors (Lipinski definition) is 8. The quantitative estimate of drug-likeness (QED) is 0.0554. The molecule has 1 aliphatic carbocycles. The topological polar surface area (TPSA) is 127 Å². The summed E-state index contributed by atoms with van der Waals surface area (Å²) in [6.07, 6.45) is -0.351. The SMILES string of the molecule is CC(C)c1cc(N2C(=O)C3CC4CC(=O)N(C(C)(C)C)C(=O)C4C3C2=O)ccc1CCOC(=O)/C=C/c1ccc(OC(=O)c2ccc(CCCCC(F)(F)F)cc2)cc1. The molecular formula is C46H49F3N2O8. The maximum Gasteiger partial charge on any atom is 0.389 e. The van der Waals surface area contributed by atoms with E-state index in [-0.39, 0.29) is 54.8 Å². The zero-order valence-corrected chi connectivity index (χ0v) is 33.8. The van der Waals surface area contributed by atoms with Crippen molar-refractivity contribution >= 4 is 47.3 Å². The predicted molar refractivity (Wildman–Crippen MR) is 213 cm³/mol. The Labute approximate surface area is 341 Å². The van der Waals surface area contributed by atoms with Crippen LogP contribution in [0.15, 0.2) is 72.8 Å². The lowest BCUT2D eigenvalue weighted by molar-refractivity contribution is -0.162. The Hall–Kier alpha value is -5.59. The maximum absolute atomic E-state index is 13.9. The monoisotopic (exact) mass is 814 g/mol. The van der Waals surface area contributed by atoms with Crippen molar-refractivity contribution in [3.05, 3.63) is 101 Å². The molecule has 3 aromatic carbocycles. The molecule has 3 aromatic rings. The Morgan fingerprint density at radius 1 is 0.847 bits per heavy atom. The number of likely N-dealkylation sites (tertiary alicyclic amines) is 1. The molecule has 10 nitrogen and oxygen atoms in total. The van der Waals surface area contributed by atoms with Gasteiger partial charge in [0.1, 0.15) is 5.75 Å². The summed E-state index contributed by atoms with van der Waals surface area (Å²) in [5.74, 6) is -4.74. The highest BCUT2D eigenvalue weighted by atomic mass is 19.4. The minimum absolute atomic E-state index is 0.0171. The Morgan fingerprint density at radius 3 is 2.19 bits per heavy atom. The second-order valence-electron chi connectivity index (χ2n) is 16.9. The van der Waals surface area contributed by atoms with Gasteiger partial charge in [0.2, 0.25) is 23.6 Å². The first-order valence-electron chi connectivity index (χ1n) is 20.0. The molecule has 0 radical (unpaired) electrons. The average Bonchev–Trinajstić information content (AvgIpc) is 3.66. The molecule has 2 heterocycles. The molecule has 4 atom stereocenters. The summed E-state index contributed by atoms with van der Waals surface area (Å²) < 4.78 is 48.0. The normalized spacial score (nSPS) is 20.8. The number of unbranched alkanes of at least 4 members (excludes halogenated alkanes) is 1. The van der Waals surface area contributed by atoms with E-state index in [0.717, 1.165) is 16.7 Å². The molecule has 13 heteroatoms. The van der Waals surface area contributed by atoms with Crippen molar-refractivity contribution in [3.8, 4) is 5.75 Å². The fourth-order valence-electron chi connectivity index (χ4n) is 8.51. The van der Waals surface area contributed by atoms with Crippen LogP contribution >= 0.6 is 0 Å². The smallest absolute Gasteiger partial charge is 0.389 e. The van der Waals surface area contributed by atoms with Crippen LogP contribution in [0.3, 0.4) is 0 Å². The molecular weight excluding hydrogens is 766 g/mol. The van der Waals surface area contributed by atoms with Gasteiger partial charge in [-0.15, -0.1) is 0 Å². The Bertz CT molecular complexity index is 2140. The summed E-state index contributed by atoms with van der Waals surface area (Å²) in [7, 11) is 0. The molecule has 0 aromatic heterocycles. The Balaban J connectivity index is 0.996. The van der Waals surface area contributed by atoms with Crippen molar-refractivity contribution in [2.75, 3.05) is 11.5 Å². The van der Waals surface area contributed by atoms with Gasteiger partial charge < -0.3 is 9.47 Å². The number of ether oxygens (including phenoxy) is 2. The van der Waals surface area contributed by atoms with Crippen molar-refractivity contribution < 1.29 is 51.4 Å². The minimum Gasteiger partial charge on any atom is -0.462 e. The van der Waals surface area contributed by atoms with Crippen molar-refractivity contribution in [2.24, 2.45) is 23.7 Å². The molecule has 0 N–H and O–H groups in total. The van der Waals surface area contributed by atoms with Crippen LogP contribution < -0.4 is 9.64 Å². The summed E-state index contributed by atoms with van der Waals surface area (Å²) in [5.41, 5.74) is 3.26. The number of carbonyl (C=O) groups is 6. The fraction of sp³-hybridized carbons (Fsp3) is 0.435. The predicted octanol–water partition coefficient (Wildman–Crippen LogP) is 8.40. The molecule has 0 bridgehead atoms. The van der Waals surface area contributed by atoms with Gasteiger partial charge >= 0.3 is 18.1 Å². The van der Waals surface area contributed by atoms with Gasteiger partial charge in [0.25, 0.3) is 0 Å². The Morgan fingerprint density at radius 2 is 1.54 bits per heavy atom. The zero-order chi connectivity index (χ0) is 42.8. The van der Waals surface area contributed by atoms with E-state index in [1.165, 1.54) is 15.9 Å². The minimum atomic E-state index is -4.16. The molecule has 4 amide bonds. The third-order valence-corrected chi connectivity index (χ3v) is 11.3. The van der Waals surface area contributed by atoms with Crippen LogP contribution in [-0.2, 0) is 41.6 Å². The molecule has 4 unspecified atom stereocenters. The van der Waals surface area contributed by atoms with E-state index in [1.54, 1.807) is 81.4 Å². The van der Waals surface area contributed by atoms with Gasteiger partial charge in [-0.05, 0) is 123 Å². The number of hydrogen-bond donors (Lipinski definition) is 0. The number of carbonyl (C=O) groups excluding carboxylic acids is 6. The van der Waals surface area contributed by atoms with Gasteiger partial charge in [0.05, 0.1) is 35.6 Å². The second-order valence-corrected chi connectivity index (χ2v) is 16.9. The van der Waals surface area contributed by atoms with E-state index >= 15 is 0 Å². The van der Waals surface area contributed by atoms with Gasteiger partial charge in [0.15, 0.2) is 0 Å². The molecule has 1 saturated carbocycles. The lowest BCUT2D eigenvalue weighted by Crippen LogP contribution is -2.57. The molecule has 0 spiro atoms. The van der Waals surface area contributed by atoms with E-state index in [4.69, 9.17) is 9.47 Å². The summed E-state index contributed by atoms with van der Waals surface area (Å²) >= 11 is 0. The van der Waals surface area contributed by atoms with Crippen molar-refractivity contribution in [1.29, 1.82) is 0 Å². The Kier molecular flexibility index (Phi) is 12.6. The van der Waals surface area contributed by atoms with Crippen LogP contribution in [0, 0.1) is 23.7 Å². The van der Waals surface area contributed by atoms with Crippen molar-refractivity contribution in [3.63, 3.8) is 0 Å². The van der Waals surface area contributed by atoms with E-state index in [0.29, 0.717) is 42.5 Å². The molecule has 3 fully saturated rings. The molecule has 2 aliphatic heterocycles. The van der Waals surface area contributed by atoms with Crippen LogP contribution in [0.25, 0.3) is 6.08 Å². The van der Waals surface area contributed by atoms with Gasteiger partial charge in [0, 0.05) is 30.9 Å². The van der Waals surface area contributed by atoms with Crippen molar-refractivity contribution in [1.82, 2.24) is 4.90 Å². The summed E-state index contributed by atoms with van der Waals surface area (Å²) in [6, 6.07) is 18.4. The second kappa shape index (κ2) is 17.3. The van der Waals surface area contributed by atoms with Gasteiger partial charge in [-0.3, -0.25) is 29.0 Å². The van der Waals surface area contributed by atoms with Crippen LogP contribution in [0.4, 0.5) is 18.9 Å². The third kappa shape index (κ3) is 9.83. The van der Waals surface area contributed by atoms with Gasteiger partial charge in [-0.25, -0.2) is 9.59 Å². The third-order valence-electron chi connectivity index (χ3n) is 11.3. The lowest BCUT2D eigenvalue weighted by Gasteiger charge is -2.41. The summed E-state index contributed by atoms with van der Waals surface area (Å²) in [6.45, 7) is 9.42. The van der Waals surface area contributed by atoms with E-state index in [9.17, 15) is 41.9 Å². The first-order chi connectivity index (χ1) is 27.8. The standard InChI is InChI=1S/C46H49F3N2O8/c1-27(2)35-26-33(50-41(54)36-24-32-25-37(52)51(45(3,4)5)43(56)39(32)40(36)42(50)55)17-16-30(35)21-23-58-38(53)20-13-29-11-18-34(19-12-29)59-44(57)31-14-9-28(10-15-31)8-6-7-22-46(47,48)49/h9-20,26-27,32,36,39-40H,6-8,21-25H2,1-5H3/b20-13+. The number of benzene rings is 3. The number of halogens is 3. The molecule has 59 heavy (non-hydrogen) atoms. The number of esters is 2. The van der Waals surface area contributed by atoms with E-state index < -0.39 is 53.7 Å². The largest absolute Gasteiger partial charge is 0.462 e. The number of imide groups is 2. The molecule has 3 aliphatic rings. The first kappa shape index (κ1) is 43.0. The number of nitrogens with zero attached hydrogens (tertiary/aromatic N) is 2. The van der Waals surface area contributed by atoms with Gasteiger partial charge in [-0.2, -0.15) is 13.2 Å². The number of anilines is 1. The molecule has 6 rings (SSSR count). The number of piperidine rings is 1. The summed E-state index contributed by atoms with van der Waals surface area (Å²) in [4.78, 5) is 81.9. The molecule has 312 valence electrons. The first-order valence-corrected chi connectivity index (χ1v) is 20.0. The maximum atomic E-state index is 13.9. The van der Waals surface area contributed by atoms with Crippen molar-refractivity contribution in [2.45, 2.75) is 97.2 Å². The van der Waals surface area contributed by atoms with Crippen LogP contribution in [0.5, 0.6) is 5.75 Å². The summed E-state index contributed by atoms with van der Waals surface area (Å²) in [5, 5.41) is 0. The number of amides is 4. The zero-order valence-electron chi connectivity index (χ0n) is 33.8. The number of rotatable bonds is 13.